The summed E-state index contributed by atoms with van der Waals surface area (Å²) < 4.78 is 51.1. The van der Waals surface area contributed by atoms with Gasteiger partial charge in [-0.1, -0.05) is 12.1 Å². The molecule has 1 aliphatic rings. The Morgan fingerprint density at radius 2 is 2.03 bits per heavy atom. The molecule has 3 rings (SSSR count). The van der Waals surface area contributed by atoms with Crippen molar-refractivity contribution in [3.8, 4) is 5.88 Å². The number of rotatable bonds is 4. The van der Waals surface area contributed by atoms with Crippen molar-refractivity contribution in [3.63, 3.8) is 0 Å². The van der Waals surface area contributed by atoms with E-state index < -0.39 is 40.6 Å². The summed E-state index contributed by atoms with van der Waals surface area (Å²) in [4.78, 5) is 22.8. The minimum atomic E-state index is -5.37. The van der Waals surface area contributed by atoms with Crippen molar-refractivity contribution in [1.82, 2.24) is 10.2 Å². The van der Waals surface area contributed by atoms with Crippen LogP contribution >= 0.6 is 0 Å². The van der Waals surface area contributed by atoms with Gasteiger partial charge in [-0.2, -0.15) is 13.2 Å². The number of hydrogen-bond acceptors (Lipinski definition) is 7. The summed E-state index contributed by atoms with van der Waals surface area (Å²) in [6.45, 7) is 2.69. The maximum Gasteiger partial charge on any atom is 0.456 e. The van der Waals surface area contributed by atoms with E-state index >= 15 is 0 Å². The van der Waals surface area contributed by atoms with Gasteiger partial charge in [-0.25, -0.2) is 0 Å². The molecule has 12 heteroatoms. The average molecular weight is 415 g/mol. The van der Waals surface area contributed by atoms with E-state index in [0.29, 0.717) is 5.69 Å². The van der Waals surface area contributed by atoms with E-state index in [9.17, 15) is 33.2 Å². The Labute approximate surface area is 161 Å². The number of H-pyrrole nitrogens is 1. The van der Waals surface area contributed by atoms with E-state index in [1.165, 1.54) is 26.0 Å². The lowest BCUT2D eigenvalue weighted by atomic mass is 9.74. The molecule has 3 atom stereocenters. The number of fused-ring (bicyclic) bond motifs is 1. The number of alkyl halides is 3. The first-order valence-electron chi connectivity index (χ1n) is 8.45. The number of esters is 1. The van der Waals surface area contributed by atoms with E-state index in [-0.39, 0.29) is 23.4 Å². The van der Waals surface area contributed by atoms with Gasteiger partial charge in [0.05, 0.1) is 11.5 Å². The Balaban J connectivity index is 2.25. The highest BCUT2D eigenvalue weighted by atomic mass is 19.4. The molecule has 2 aromatic rings. The van der Waals surface area contributed by atoms with Gasteiger partial charge in [0.25, 0.3) is 5.69 Å². The Kier molecular flexibility index (Phi) is 4.99. The van der Waals surface area contributed by atoms with Gasteiger partial charge in [-0.3, -0.25) is 20.0 Å². The number of aliphatic hydroxyl groups is 1. The fraction of sp³-hybridized carbons (Fsp3) is 0.412. The van der Waals surface area contributed by atoms with Crippen molar-refractivity contribution in [3.05, 3.63) is 51.2 Å². The molecule has 156 valence electrons. The SMILES string of the molecule is CCOC(=O)[C@@H]1[C@@H](c2ccc([N+](=O)[O-])cc2)c2c(n[nH]c2C)OC1(O)C(F)(F)F. The molecule has 0 saturated heterocycles. The Bertz CT molecular complexity index is 943. The number of carbonyl (C=O) groups is 1. The van der Waals surface area contributed by atoms with E-state index in [0.717, 1.165) is 12.1 Å². The first-order valence-corrected chi connectivity index (χ1v) is 8.45. The molecule has 1 aliphatic heterocycles. The van der Waals surface area contributed by atoms with Gasteiger partial charge in [0, 0.05) is 29.3 Å². The first-order chi connectivity index (χ1) is 13.5. The third-order valence-electron chi connectivity index (χ3n) is 4.69. The van der Waals surface area contributed by atoms with Gasteiger partial charge >= 0.3 is 17.9 Å². The zero-order valence-corrected chi connectivity index (χ0v) is 15.2. The lowest BCUT2D eigenvalue weighted by Crippen LogP contribution is -2.62. The molecule has 0 saturated carbocycles. The van der Waals surface area contributed by atoms with Gasteiger partial charge in [0.1, 0.15) is 5.92 Å². The van der Waals surface area contributed by atoms with Gasteiger partial charge in [0.15, 0.2) is 0 Å². The van der Waals surface area contributed by atoms with Crippen molar-refractivity contribution in [2.75, 3.05) is 6.61 Å². The number of nitrogens with zero attached hydrogens (tertiary/aromatic N) is 2. The lowest BCUT2D eigenvalue weighted by molar-refractivity contribution is -0.384. The molecule has 1 aromatic heterocycles. The van der Waals surface area contributed by atoms with Crippen LogP contribution in [0.5, 0.6) is 5.88 Å². The monoisotopic (exact) mass is 415 g/mol. The second-order valence-corrected chi connectivity index (χ2v) is 6.42. The second-order valence-electron chi connectivity index (χ2n) is 6.42. The predicted molar refractivity (Wildman–Crippen MR) is 90.0 cm³/mol. The van der Waals surface area contributed by atoms with Crippen LogP contribution in [-0.4, -0.2) is 44.8 Å². The summed E-state index contributed by atoms with van der Waals surface area (Å²) in [7, 11) is 0. The molecule has 0 bridgehead atoms. The Morgan fingerprint density at radius 3 is 2.55 bits per heavy atom. The standard InChI is InChI=1S/C17H16F3N3O6/c1-3-28-15(24)13-12(9-4-6-10(7-5-9)23(26)27)11-8(2)21-22-14(11)29-16(13,25)17(18,19)20/h4-7,12-13,25H,3H2,1-2H3,(H,21,22)/t12-,13-,16?/m0/s1. The summed E-state index contributed by atoms with van der Waals surface area (Å²) in [5, 5.41) is 27.5. The van der Waals surface area contributed by atoms with Gasteiger partial charge in [-0.05, 0) is 19.4 Å². The predicted octanol–water partition coefficient (Wildman–Crippen LogP) is 2.58. The van der Waals surface area contributed by atoms with Crippen molar-refractivity contribution >= 4 is 11.7 Å². The normalized spacial score (nSPS) is 23.8. The second kappa shape index (κ2) is 7.03. The smallest absolute Gasteiger partial charge is 0.456 e. The van der Waals surface area contributed by atoms with Crippen molar-refractivity contribution in [2.45, 2.75) is 31.7 Å². The van der Waals surface area contributed by atoms with E-state index in [4.69, 9.17) is 9.47 Å². The third-order valence-corrected chi connectivity index (χ3v) is 4.69. The summed E-state index contributed by atoms with van der Waals surface area (Å²) >= 11 is 0. The number of hydrogen-bond donors (Lipinski definition) is 2. The molecule has 9 nitrogen and oxygen atoms in total. The van der Waals surface area contributed by atoms with Crippen molar-refractivity contribution < 1.29 is 37.5 Å². The summed E-state index contributed by atoms with van der Waals surface area (Å²) in [6, 6.07) is 4.62. The fourth-order valence-electron chi connectivity index (χ4n) is 3.39. The highest BCUT2D eigenvalue weighted by Gasteiger charge is 2.69. The molecule has 2 heterocycles. The van der Waals surface area contributed by atoms with Crippen LogP contribution in [0.2, 0.25) is 0 Å². The molecule has 0 aliphatic carbocycles. The molecule has 1 aromatic carbocycles. The van der Waals surface area contributed by atoms with Crippen LogP contribution in [-0.2, 0) is 9.53 Å². The molecule has 29 heavy (non-hydrogen) atoms. The quantitative estimate of drug-likeness (QED) is 0.446. The largest absolute Gasteiger partial charge is 0.466 e. The molecular formula is C17H16F3N3O6. The number of aromatic nitrogens is 2. The number of non-ortho nitro benzene ring substituents is 1. The van der Waals surface area contributed by atoms with Gasteiger partial charge in [0.2, 0.25) is 5.88 Å². The number of ether oxygens (including phenoxy) is 2. The molecule has 0 amide bonds. The number of nitro benzene ring substituents is 1. The average Bonchev–Trinajstić information content (AvgIpc) is 3.00. The highest BCUT2D eigenvalue weighted by Crippen LogP contribution is 2.53. The van der Waals surface area contributed by atoms with Crippen LogP contribution in [0, 0.1) is 23.0 Å². The number of nitrogens with one attached hydrogen (secondary N) is 1. The van der Waals surface area contributed by atoms with Gasteiger partial charge < -0.3 is 14.6 Å². The molecular weight excluding hydrogens is 399 g/mol. The minimum absolute atomic E-state index is 0.116. The van der Waals surface area contributed by atoms with Crippen LogP contribution in [0.3, 0.4) is 0 Å². The first kappa shape index (κ1) is 20.6. The maximum absolute atomic E-state index is 13.8. The van der Waals surface area contributed by atoms with Crippen LogP contribution < -0.4 is 4.74 Å². The summed E-state index contributed by atoms with van der Waals surface area (Å²) in [6.07, 6.45) is -5.37. The van der Waals surface area contributed by atoms with E-state index in [1.807, 2.05) is 0 Å². The number of benzene rings is 1. The molecule has 0 fully saturated rings. The van der Waals surface area contributed by atoms with Crippen molar-refractivity contribution in [1.29, 1.82) is 0 Å². The molecule has 1 unspecified atom stereocenters. The summed E-state index contributed by atoms with van der Waals surface area (Å²) in [5.74, 6) is -9.38. The zero-order chi connectivity index (χ0) is 21.6. The van der Waals surface area contributed by atoms with E-state index in [1.54, 1.807) is 0 Å². The number of aryl methyl sites for hydroxylation is 1. The number of aromatic amines is 1. The van der Waals surface area contributed by atoms with E-state index in [2.05, 4.69) is 10.2 Å². The van der Waals surface area contributed by atoms with Crippen LogP contribution in [0.4, 0.5) is 18.9 Å². The Hall–Kier alpha value is -3.15. The number of halogens is 3. The van der Waals surface area contributed by atoms with Crippen LogP contribution in [0.15, 0.2) is 24.3 Å². The number of carbonyl (C=O) groups excluding carboxylic acids is 1. The third kappa shape index (κ3) is 3.28. The van der Waals surface area contributed by atoms with Crippen LogP contribution in [0.25, 0.3) is 0 Å². The molecule has 2 N–H and O–H groups in total. The fourth-order valence-corrected chi connectivity index (χ4v) is 3.39. The number of nitro groups is 1. The topological polar surface area (TPSA) is 128 Å². The summed E-state index contributed by atoms with van der Waals surface area (Å²) in [5.41, 5.74) is 0.252. The maximum atomic E-state index is 13.8. The Morgan fingerprint density at radius 1 is 1.41 bits per heavy atom. The zero-order valence-electron chi connectivity index (χ0n) is 15.2. The molecule has 0 spiro atoms. The van der Waals surface area contributed by atoms with Crippen molar-refractivity contribution in [2.24, 2.45) is 5.92 Å². The molecule has 0 radical (unpaired) electrons. The van der Waals surface area contributed by atoms with Crippen LogP contribution in [0.1, 0.15) is 29.7 Å². The highest BCUT2D eigenvalue weighted by molar-refractivity contribution is 5.77. The minimum Gasteiger partial charge on any atom is -0.466 e. The lowest BCUT2D eigenvalue weighted by Gasteiger charge is -2.42. The van der Waals surface area contributed by atoms with Gasteiger partial charge in [-0.15, -0.1) is 5.10 Å².